The van der Waals surface area contributed by atoms with E-state index in [1.165, 1.54) is 19.3 Å². The first-order chi connectivity index (χ1) is 6.41. The molecule has 1 aliphatic rings. The van der Waals surface area contributed by atoms with E-state index in [4.69, 9.17) is 33.1 Å². The van der Waals surface area contributed by atoms with E-state index < -0.39 is 14.3 Å². The molecule has 1 radical (unpaired) electrons. The van der Waals surface area contributed by atoms with Gasteiger partial charge in [-0.2, -0.15) is 0 Å². The molecule has 14 heavy (non-hydrogen) atoms. The second-order valence-corrected chi connectivity index (χ2v) is 22.7. The first kappa shape index (κ1) is 13.6. The van der Waals surface area contributed by atoms with Gasteiger partial charge in [-0.3, -0.25) is 0 Å². The topological polar surface area (TPSA) is 18.5 Å². The molecule has 1 heterocycles. The van der Waals surface area contributed by atoms with Crippen molar-refractivity contribution in [2.75, 3.05) is 6.61 Å². The van der Waals surface area contributed by atoms with Crippen LogP contribution in [0.25, 0.3) is 0 Å². The first-order valence-electron chi connectivity index (χ1n) is 4.84. The molecule has 1 unspecified atom stereocenters. The molecule has 87 valence electrons. The molecule has 0 aliphatic carbocycles. The molecular formula is C8H16Cl3O2Te. The Balaban J connectivity index is 2.17. The molecule has 1 rings (SSSR count). The quantitative estimate of drug-likeness (QED) is 0.533. The van der Waals surface area contributed by atoms with E-state index in [1.807, 2.05) is 0 Å². The van der Waals surface area contributed by atoms with Gasteiger partial charge in [0.25, 0.3) is 0 Å². The van der Waals surface area contributed by atoms with Crippen LogP contribution in [-0.2, 0) is 6.20 Å². The van der Waals surface area contributed by atoms with E-state index in [2.05, 4.69) is 6.92 Å². The van der Waals surface area contributed by atoms with Crippen molar-refractivity contribution in [1.82, 2.24) is 0 Å². The average molecular weight is 378 g/mol. The Morgan fingerprint density at radius 1 is 1.21 bits per heavy atom. The number of hydrogen-bond donors (Lipinski definition) is 0. The summed E-state index contributed by atoms with van der Waals surface area (Å²) in [6.07, 6.45) is 5.75. The van der Waals surface area contributed by atoms with E-state index in [0.29, 0.717) is 6.61 Å². The summed E-state index contributed by atoms with van der Waals surface area (Å²) in [5, 5.41) is 0. The summed E-state index contributed by atoms with van der Waals surface area (Å²) < 4.78 is 10.5. The molecule has 6 heteroatoms. The Morgan fingerprint density at radius 2 is 1.93 bits per heavy atom. The first-order valence-corrected chi connectivity index (χ1v) is 15.6. The maximum atomic E-state index is 5.84. The van der Waals surface area contributed by atoms with E-state index in [1.54, 1.807) is 0 Å². The minimum atomic E-state index is -4.38. The van der Waals surface area contributed by atoms with Crippen molar-refractivity contribution in [3.05, 3.63) is 0 Å². The van der Waals surface area contributed by atoms with Crippen LogP contribution in [0.15, 0.2) is 0 Å². The SMILES string of the molecule is CCCCCCC1CO[Te](Cl)(Cl)(Cl)O1. The number of halogens is 3. The third-order valence-corrected chi connectivity index (χ3v) is 8.41. The summed E-state index contributed by atoms with van der Waals surface area (Å²) in [4.78, 5) is 0. The van der Waals surface area contributed by atoms with Crippen LogP contribution >= 0.6 is 26.9 Å². The van der Waals surface area contributed by atoms with Crippen LogP contribution in [0.2, 0.25) is 0 Å². The Kier molecular flexibility index (Phi) is 5.14. The predicted octanol–water partition coefficient (Wildman–Crippen LogP) is 3.97. The van der Waals surface area contributed by atoms with Crippen LogP contribution in [0.5, 0.6) is 0 Å². The van der Waals surface area contributed by atoms with Crippen molar-refractivity contribution < 1.29 is 6.20 Å². The van der Waals surface area contributed by atoms with Gasteiger partial charge >= 0.3 is 99.1 Å². The van der Waals surface area contributed by atoms with Gasteiger partial charge in [0, 0.05) is 0 Å². The van der Waals surface area contributed by atoms with Crippen LogP contribution < -0.4 is 0 Å². The fourth-order valence-electron chi connectivity index (χ4n) is 1.38. The van der Waals surface area contributed by atoms with Crippen LogP contribution in [0.4, 0.5) is 0 Å². The van der Waals surface area contributed by atoms with Crippen molar-refractivity contribution in [3.8, 4) is 0 Å². The van der Waals surface area contributed by atoms with Gasteiger partial charge in [-0.15, -0.1) is 0 Å². The summed E-state index contributed by atoms with van der Waals surface area (Å²) >= 11 is -4.38. The zero-order valence-electron chi connectivity index (χ0n) is 8.18. The maximum absolute atomic E-state index is 5.84. The zero-order valence-corrected chi connectivity index (χ0v) is 12.8. The average Bonchev–Trinajstić information content (AvgIpc) is 2.35. The summed E-state index contributed by atoms with van der Waals surface area (Å²) in [5.74, 6) is 0. The van der Waals surface area contributed by atoms with Gasteiger partial charge in [0.05, 0.1) is 0 Å². The molecule has 1 atom stereocenters. The summed E-state index contributed by atoms with van der Waals surface area (Å²) in [5.41, 5.74) is 0. The molecule has 0 aromatic rings. The number of hydrogen-bond acceptors (Lipinski definition) is 2. The molecule has 0 N–H and O–H groups in total. The van der Waals surface area contributed by atoms with E-state index in [-0.39, 0.29) is 6.10 Å². The Labute approximate surface area is 98.5 Å². The third kappa shape index (κ3) is 5.07. The van der Waals surface area contributed by atoms with Gasteiger partial charge in [0.15, 0.2) is 0 Å². The standard InChI is InChI=1S/C8H16Cl3O2Te/c1-2-3-4-5-6-8-7-12-14(9,10,11)13-8/h8H,2-7H2,1H3. The molecule has 0 bridgehead atoms. The molecule has 0 spiro atoms. The van der Waals surface area contributed by atoms with Crippen molar-refractivity contribution in [1.29, 1.82) is 0 Å². The van der Waals surface area contributed by atoms with Gasteiger partial charge in [-0.05, 0) is 0 Å². The number of unbranched alkanes of at least 4 members (excludes halogenated alkanes) is 3. The summed E-state index contributed by atoms with van der Waals surface area (Å²) in [6.45, 7) is 2.63. The van der Waals surface area contributed by atoms with Gasteiger partial charge < -0.3 is 0 Å². The van der Waals surface area contributed by atoms with Gasteiger partial charge in [0.1, 0.15) is 0 Å². The Morgan fingerprint density at radius 3 is 2.43 bits per heavy atom. The molecule has 0 amide bonds. The zero-order chi connectivity index (χ0) is 10.7. The van der Waals surface area contributed by atoms with Gasteiger partial charge in [-0.1, -0.05) is 0 Å². The molecule has 2 nitrogen and oxygen atoms in total. The van der Waals surface area contributed by atoms with Crippen molar-refractivity contribution >= 4 is 41.2 Å². The van der Waals surface area contributed by atoms with E-state index >= 15 is 0 Å². The van der Waals surface area contributed by atoms with Crippen molar-refractivity contribution in [2.24, 2.45) is 0 Å². The molecule has 1 fully saturated rings. The number of rotatable bonds is 5. The monoisotopic (exact) mass is 379 g/mol. The third-order valence-electron chi connectivity index (χ3n) is 2.10. The van der Waals surface area contributed by atoms with E-state index in [0.717, 1.165) is 12.8 Å². The Hall–Kier alpha value is 1.58. The normalized spacial score (nSPS) is 32.3. The van der Waals surface area contributed by atoms with Crippen LogP contribution in [0.3, 0.4) is 0 Å². The molecular weight excluding hydrogens is 362 g/mol. The predicted molar refractivity (Wildman–Crippen MR) is 62.9 cm³/mol. The van der Waals surface area contributed by atoms with Crippen molar-refractivity contribution in [2.45, 2.75) is 45.1 Å². The molecule has 0 saturated carbocycles. The molecule has 1 aliphatic heterocycles. The molecule has 0 aromatic carbocycles. The Bertz CT molecular complexity index is 193. The second kappa shape index (κ2) is 5.27. The molecule has 0 aromatic heterocycles. The fourth-order valence-corrected chi connectivity index (χ4v) is 7.30. The van der Waals surface area contributed by atoms with E-state index in [9.17, 15) is 0 Å². The second-order valence-electron chi connectivity index (χ2n) is 3.47. The van der Waals surface area contributed by atoms with Crippen LogP contribution in [0.1, 0.15) is 39.0 Å². The van der Waals surface area contributed by atoms with Gasteiger partial charge in [0.2, 0.25) is 0 Å². The van der Waals surface area contributed by atoms with Crippen LogP contribution in [0, 0.1) is 0 Å². The molecule has 1 saturated heterocycles. The van der Waals surface area contributed by atoms with Crippen LogP contribution in [-0.4, -0.2) is 27.0 Å². The minimum absolute atomic E-state index is 0.00249. The van der Waals surface area contributed by atoms with Crippen molar-refractivity contribution in [3.63, 3.8) is 0 Å². The fraction of sp³-hybridized carbons (Fsp3) is 1.00. The summed E-state index contributed by atoms with van der Waals surface area (Å²) in [6, 6.07) is 0. The summed E-state index contributed by atoms with van der Waals surface area (Å²) in [7, 11) is 17.5. The van der Waals surface area contributed by atoms with Gasteiger partial charge in [-0.25, -0.2) is 0 Å².